The van der Waals surface area contributed by atoms with Crippen molar-refractivity contribution in [1.29, 1.82) is 5.26 Å². The van der Waals surface area contributed by atoms with Crippen LogP contribution in [0.3, 0.4) is 0 Å². The van der Waals surface area contributed by atoms with Gasteiger partial charge in [-0.05, 0) is 18.2 Å². The first-order valence-electron chi connectivity index (χ1n) is 4.48. The fourth-order valence-corrected chi connectivity index (χ4v) is 1.27. The minimum atomic E-state index is -0.979. The van der Waals surface area contributed by atoms with E-state index in [2.05, 4.69) is 4.98 Å². The van der Waals surface area contributed by atoms with Gasteiger partial charge in [-0.3, -0.25) is 0 Å². The molecule has 0 bridgehead atoms. The topological polar surface area (TPSA) is 78.9 Å². The Kier molecular flexibility index (Phi) is 2.40. The van der Waals surface area contributed by atoms with Crippen LogP contribution in [-0.2, 0) is 0 Å². The van der Waals surface area contributed by atoms with Gasteiger partial charge in [0.15, 0.2) is 0 Å². The molecule has 0 radical (unpaired) electrons. The highest BCUT2D eigenvalue weighted by atomic mass is 16.4. The summed E-state index contributed by atoms with van der Waals surface area (Å²) in [5, 5.41) is 17.4. The molecule has 78 valence electrons. The average Bonchev–Trinajstić information content (AvgIpc) is 2.78. The largest absolute Gasteiger partial charge is 0.478 e. The lowest BCUT2D eigenvalue weighted by Crippen LogP contribution is -1.96. The van der Waals surface area contributed by atoms with E-state index in [9.17, 15) is 4.79 Å². The molecule has 0 aliphatic rings. The Morgan fingerprint density at radius 1 is 1.44 bits per heavy atom. The number of aromatic nitrogens is 2. The SMILES string of the molecule is N#Cc1ccc(-n2ccc(C(=O)O)c2)nc1. The fourth-order valence-electron chi connectivity index (χ4n) is 1.27. The van der Waals surface area contributed by atoms with Crippen LogP contribution in [-0.4, -0.2) is 20.6 Å². The van der Waals surface area contributed by atoms with Crippen molar-refractivity contribution in [3.63, 3.8) is 0 Å². The molecule has 5 heteroatoms. The predicted octanol–water partition coefficient (Wildman–Crippen LogP) is 1.44. The van der Waals surface area contributed by atoms with Crippen LogP contribution >= 0.6 is 0 Å². The zero-order valence-corrected chi connectivity index (χ0v) is 8.16. The summed E-state index contributed by atoms with van der Waals surface area (Å²) < 4.78 is 1.59. The average molecular weight is 213 g/mol. The highest BCUT2D eigenvalue weighted by molar-refractivity contribution is 5.87. The van der Waals surface area contributed by atoms with Gasteiger partial charge in [0.05, 0.1) is 11.1 Å². The van der Waals surface area contributed by atoms with E-state index in [0.717, 1.165) is 0 Å². The zero-order chi connectivity index (χ0) is 11.5. The Morgan fingerprint density at radius 3 is 2.75 bits per heavy atom. The first-order chi connectivity index (χ1) is 7.70. The number of carboxylic acids is 1. The molecule has 0 amide bonds. The third-order valence-electron chi connectivity index (χ3n) is 2.08. The van der Waals surface area contributed by atoms with E-state index in [-0.39, 0.29) is 5.56 Å². The van der Waals surface area contributed by atoms with Crippen molar-refractivity contribution in [3.05, 3.63) is 47.9 Å². The zero-order valence-electron chi connectivity index (χ0n) is 8.16. The number of hydrogen-bond donors (Lipinski definition) is 1. The second kappa shape index (κ2) is 3.87. The van der Waals surface area contributed by atoms with Crippen LogP contribution in [0.2, 0.25) is 0 Å². The molecule has 0 unspecified atom stereocenters. The number of carbonyl (C=O) groups is 1. The van der Waals surface area contributed by atoms with Gasteiger partial charge < -0.3 is 9.67 Å². The number of aromatic carboxylic acids is 1. The standard InChI is InChI=1S/C11H7N3O2/c12-5-8-1-2-10(13-6-8)14-4-3-9(7-14)11(15)16/h1-4,6-7H,(H,15,16). The van der Waals surface area contributed by atoms with E-state index in [1.807, 2.05) is 6.07 Å². The number of nitriles is 1. The van der Waals surface area contributed by atoms with Crippen LogP contribution < -0.4 is 0 Å². The Bertz CT molecular complexity index is 564. The van der Waals surface area contributed by atoms with Crippen LogP contribution in [0.25, 0.3) is 5.82 Å². The predicted molar refractivity (Wildman–Crippen MR) is 55.2 cm³/mol. The lowest BCUT2D eigenvalue weighted by atomic mass is 10.3. The summed E-state index contributed by atoms with van der Waals surface area (Å²) in [5.41, 5.74) is 0.667. The van der Waals surface area contributed by atoms with Crippen LogP contribution in [0.4, 0.5) is 0 Å². The molecule has 2 aromatic heterocycles. The summed E-state index contributed by atoms with van der Waals surface area (Å²) >= 11 is 0. The van der Waals surface area contributed by atoms with Gasteiger partial charge in [0.2, 0.25) is 0 Å². The summed E-state index contributed by atoms with van der Waals surface area (Å²) in [4.78, 5) is 14.7. The van der Waals surface area contributed by atoms with Crippen LogP contribution in [0.15, 0.2) is 36.8 Å². The molecule has 16 heavy (non-hydrogen) atoms. The summed E-state index contributed by atoms with van der Waals surface area (Å²) in [6, 6.07) is 6.74. The molecule has 0 aromatic carbocycles. The first-order valence-corrected chi connectivity index (χ1v) is 4.48. The highest BCUT2D eigenvalue weighted by Gasteiger charge is 2.05. The number of hydrogen-bond acceptors (Lipinski definition) is 3. The van der Waals surface area contributed by atoms with E-state index < -0.39 is 5.97 Å². The maximum Gasteiger partial charge on any atom is 0.337 e. The third-order valence-corrected chi connectivity index (χ3v) is 2.08. The molecule has 2 aromatic rings. The van der Waals surface area contributed by atoms with Crippen molar-refractivity contribution >= 4 is 5.97 Å². The van der Waals surface area contributed by atoms with Crippen molar-refractivity contribution in [1.82, 2.24) is 9.55 Å². The number of pyridine rings is 1. The normalized spacial score (nSPS) is 9.69. The van der Waals surface area contributed by atoms with Crippen LogP contribution in [0, 0.1) is 11.3 Å². The second-order valence-corrected chi connectivity index (χ2v) is 3.13. The Morgan fingerprint density at radius 2 is 2.25 bits per heavy atom. The van der Waals surface area contributed by atoms with Gasteiger partial charge in [0.25, 0.3) is 0 Å². The molecule has 2 rings (SSSR count). The molecule has 0 saturated carbocycles. The van der Waals surface area contributed by atoms with E-state index >= 15 is 0 Å². The molecule has 0 spiro atoms. The molecule has 1 N–H and O–H groups in total. The quantitative estimate of drug-likeness (QED) is 0.818. The lowest BCUT2D eigenvalue weighted by Gasteiger charge is -2.00. The van der Waals surface area contributed by atoms with Crippen LogP contribution in [0.1, 0.15) is 15.9 Å². The molecular formula is C11H7N3O2. The van der Waals surface area contributed by atoms with E-state index in [0.29, 0.717) is 11.4 Å². The molecule has 0 aliphatic heterocycles. The van der Waals surface area contributed by atoms with Gasteiger partial charge >= 0.3 is 5.97 Å². The molecular weight excluding hydrogens is 206 g/mol. The van der Waals surface area contributed by atoms with Gasteiger partial charge in [-0.2, -0.15) is 5.26 Å². The molecule has 5 nitrogen and oxygen atoms in total. The summed E-state index contributed by atoms with van der Waals surface area (Å²) in [6.45, 7) is 0. The van der Waals surface area contributed by atoms with Crippen molar-refractivity contribution < 1.29 is 9.90 Å². The molecule has 0 atom stereocenters. The van der Waals surface area contributed by atoms with Crippen LogP contribution in [0.5, 0.6) is 0 Å². The Balaban J connectivity index is 2.36. The van der Waals surface area contributed by atoms with Gasteiger partial charge in [0.1, 0.15) is 11.9 Å². The van der Waals surface area contributed by atoms with Crippen molar-refractivity contribution in [3.8, 4) is 11.9 Å². The summed E-state index contributed by atoms with van der Waals surface area (Å²) in [6.07, 6.45) is 4.52. The second-order valence-electron chi connectivity index (χ2n) is 3.13. The Hall–Kier alpha value is -2.61. The minimum Gasteiger partial charge on any atom is -0.478 e. The van der Waals surface area contributed by atoms with Gasteiger partial charge in [-0.15, -0.1) is 0 Å². The van der Waals surface area contributed by atoms with Crippen molar-refractivity contribution in [2.24, 2.45) is 0 Å². The number of carboxylic acid groups (broad SMARTS) is 1. The lowest BCUT2D eigenvalue weighted by molar-refractivity contribution is 0.0697. The van der Waals surface area contributed by atoms with E-state index in [4.69, 9.17) is 10.4 Å². The third kappa shape index (κ3) is 1.77. The highest BCUT2D eigenvalue weighted by Crippen LogP contribution is 2.09. The summed E-state index contributed by atoms with van der Waals surface area (Å²) in [7, 11) is 0. The fraction of sp³-hybridized carbons (Fsp3) is 0. The smallest absolute Gasteiger partial charge is 0.337 e. The van der Waals surface area contributed by atoms with Crippen molar-refractivity contribution in [2.75, 3.05) is 0 Å². The van der Waals surface area contributed by atoms with Gasteiger partial charge in [-0.25, -0.2) is 9.78 Å². The molecule has 2 heterocycles. The first kappa shape index (κ1) is 9.93. The Labute approximate surface area is 91.2 Å². The minimum absolute atomic E-state index is 0.200. The maximum atomic E-state index is 10.7. The van der Waals surface area contributed by atoms with E-state index in [1.54, 1.807) is 22.9 Å². The summed E-state index contributed by atoms with van der Waals surface area (Å²) in [5.74, 6) is -0.404. The van der Waals surface area contributed by atoms with Gasteiger partial charge in [-0.1, -0.05) is 0 Å². The molecule has 0 aliphatic carbocycles. The maximum absolute atomic E-state index is 10.7. The van der Waals surface area contributed by atoms with E-state index in [1.165, 1.54) is 18.5 Å². The number of nitrogens with zero attached hydrogens (tertiary/aromatic N) is 3. The van der Waals surface area contributed by atoms with Gasteiger partial charge in [0, 0.05) is 18.6 Å². The molecule has 0 fully saturated rings. The van der Waals surface area contributed by atoms with Crippen molar-refractivity contribution in [2.45, 2.75) is 0 Å². The molecule has 0 saturated heterocycles. The monoisotopic (exact) mass is 213 g/mol. The number of rotatable bonds is 2.